The molecule has 1 nitrogen and oxygen atoms in total. The summed E-state index contributed by atoms with van der Waals surface area (Å²) in [6.07, 6.45) is -4.40. The molecule has 0 atom stereocenters. The first-order chi connectivity index (χ1) is 6.49. The summed E-state index contributed by atoms with van der Waals surface area (Å²) in [7, 11) is 2.16. The number of thiol groups is 1. The number of hydrogen-bond acceptors (Lipinski definition) is 3. The number of hydrogen-bond donors (Lipinski definition) is 1. The summed E-state index contributed by atoms with van der Waals surface area (Å²) in [5, 5.41) is 0. The summed E-state index contributed by atoms with van der Waals surface area (Å²) in [5.41, 5.74) is -0.779. The van der Waals surface area contributed by atoms with Crippen molar-refractivity contribution < 1.29 is 17.9 Å². The average molecular weight is 240 g/mol. The zero-order chi connectivity index (χ0) is 10.8. The first-order valence-corrected chi connectivity index (χ1v) is 5.42. The molecule has 0 bridgehead atoms. The fourth-order valence-corrected chi connectivity index (χ4v) is 1.61. The molecule has 78 valence electrons. The molecule has 0 aromatic heterocycles. The van der Waals surface area contributed by atoms with E-state index in [1.807, 2.05) is 0 Å². The Balaban J connectivity index is 3.22. The lowest BCUT2D eigenvalue weighted by molar-refractivity contribution is -0.138. The van der Waals surface area contributed by atoms with Crippen molar-refractivity contribution in [3.63, 3.8) is 0 Å². The normalized spacial score (nSPS) is 11.5. The fourth-order valence-electron chi connectivity index (χ4n) is 0.965. The smallest absolute Gasteiger partial charge is 0.420 e. The highest BCUT2D eigenvalue weighted by Crippen LogP contribution is 2.38. The molecule has 0 fully saturated rings. The van der Waals surface area contributed by atoms with Crippen molar-refractivity contribution in [2.45, 2.75) is 11.1 Å². The largest absolute Gasteiger partial charge is 0.496 e. The topological polar surface area (TPSA) is 9.23 Å². The van der Waals surface area contributed by atoms with Crippen molar-refractivity contribution in [2.24, 2.45) is 0 Å². The zero-order valence-electron chi connectivity index (χ0n) is 7.13. The minimum atomic E-state index is -4.40. The molecule has 0 radical (unpaired) electrons. The summed E-state index contributed by atoms with van der Waals surface area (Å²) in [4.78, 5) is 0.432. The number of methoxy groups -OCH3 is 1. The number of halogens is 3. The Kier molecular flexibility index (Phi) is 3.60. The summed E-state index contributed by atoms with van der Waals surface area (Å²) >= 11 is 3.83. The first kappa shape index (κ1) is 11.6. The third-order valence-electron chi connectivity index (χ3n) is 1.58. The van der Waals surface area contributed by atoms with E-state index in [0.717, 1.165) is 16.9 Å². The van der Waals surface area contributed by atoms with Crippen LogP contribution in [0.1, 0.15) is 5.56 Å². The molecule has 0 heterocycles. The molecule has 0 saturated carbocycles. The molecular formula is C8H7F3OS2. The van der Waals surface area contributed by atoms with E-state index in [4.69, 9.17) is 0 Å². The van der Waals surface area contributed by atoms with Gasteiger partial charge in [-0.15, -0.1) is 11.7 Å². The number of benzene rings is 1. The van der Waals surface area contributed by atoms with Gasteiger partial charge in [0, 0.05) is 4.90 Å². The third-order valence-corrected chi connectivity index (χ3v) is 2.68. The van der Waals surface area contributed by atoms with Crippen LogP contribution >= 0.6 is 22.5 Å². The molecule has 14 heavy (non-hydrogen) atoms. The van der Waals surface area contributed by atoms with Gasteiger partial charge in [-0.05, 0) is 18.2 Å². The van der Waals surface area contributed by atoms with E-state index < -0.39 is 11.7 Å². The highest BCUT2D eigenvalue weighted by molar-refractivity contribution is 8.68. The molecule has 0 aliphatic heterocycles. The van der Waals surface area contributed by atoms with Gasteiger partial charge in [-0.2, -0.15) is 13.2 Å². The van der Waals surface area contributed by atoms with Gasteiger partial charge >= 0.3 is 6.18 Å². The highest BCUT2D eigenvalue weighted by atomic mass is 33.1. The standard InChI is InChI=1S/C8H7F3OS2/c1-12-7-3-2-5(14-13)4-6(7)8(9,10)11/h2-4,13H,1H3. The summed E-state index contributed by atoms with van der Waals surface area (Å²) in [6.45, 7) is 0. The van der Waals surface area contributed by atoms with Gasteiger partial charge in [-0.3, -0.25) is 0 Å². The van der Waals surface area contributed by atoms with Crippen LogP contribution in [-0.4, -0.2) is 7.11 Å². The maximum atomic E-state index is 12.4. The minimum Gasteiger partial charge on any atom is -0.496 e. The lowest BCUT2D eigenvalue weighted by Gasteiger charge is -2.12. The van der Waals surface area contributed by atoms with E-state index in [1.54, 1.807) is 0 Å². The second-order valence-corrected chi connectivity index (χ2v) is 3.65. The Labute approximate surface area is 88.4 Å². The van der Waals surface area contributed by atoms with E-state index >= 15 is 0 Å². The number of ether oxygens (including phenoxy) is 1. The Hall–Kier alpha value is -0.490. The molecule has 0 spiro atoms. The van der Waals surface area contributed by atoms with E-state index in [1.165, 1.54) is 19.2 Å². The number of rotatable bonds is 2. The van der Waals surface area contributed by atoms with Crippen LogP contribution in [0, 0.1) is 0 Å². The quantitative estimate of drug-likeness (QED) is 0.624. The van der Waals surface area contributed by atoms with Gasteiger partial charge < -0.3 is 4.74 Å². The third kappa shape index (κ3) is 2.51. The maximum Gasteiger partial charge on any atom is 0.420 e. The summed E-state index contributed by atoms with van der Waals surface area (Å²) in [5.74, 6) is -0.177. The van der Waals surface area contributed by atoms with E-state index in [0.29, 0.717) is 4.90 Å². The van der Waals surface area contributed by atoms with Crippen molar-refractivity contribution in [1.82, 2.24) is 0 Å². The van der Waals surface area contributed by atoms with Crippen LogP contribution in [0.5, 0.6) is 5.75 Å². The fraction of sp³-hybridized carbons (Fsp3) is 0.250. The van der Waals surface area contributed by atoms with Crippen molar-refractivity contribution >= 4 is 22.5 Å². The summed E-state index contributed by atoms with van der Waals surface area (Å²) < 4.78 is 41.9. The molecule has 0 aliphatic rings. The van der Waals surface area contributed by atoms with Gasteiger partial charge in [0.15, 0.2) is 0 Å². The maximum absolute atomic E-state index is 12.4. The van der Waals surface area contributed by atoms with Crippen molar-refractivity contribution in [1.29, 1.82) is 0 Å². The van der Waals surface area contributed by atoms with Crippen LogP contribution < -0.4 is 4.74 Å². The second kappa shape index (κ2) is 4.35. The second-order valence-electron chi connectivity index (χ2n) is 2.45. The Bertz CT molecular complexity index is 325. The lowest BCUT2D eigenvalue weighted by Crippen LogP contribution is -2.07. The van der Waals surface area contributed by atoms with E-state index in [9.17, 15) is 13.2 Å². The molecule has 1 aromatic carbocycles. The van der Waals surface area contributed by atoms with Gasteiger partial charge in [0.05, 0.1) is 12.7 Å². The molecule has 1 rings (SSSR count). The van der Waals surface area contributed by atoms with Crippen LogP contribution in [-0.2, 0) is 6.18 Å². The number of alkyl halides is 3. The van der Waals surface area contributed by atoms with E-state index in [-0.39, 0.29) is 5.75 Å². The highest BCUT2D eigenvalue weighted by Gasteiger charge is 2.34. The van der Waals surface area contributed by atoms with Crippen LogP contribution in [0.15, 0.2) is 23.1 Å². The van der Waals surface area contributed by atoms with Gasteiger partial charge in [-0.25, -0.2) is 0 Å². The molecule has 0 unspecified atom stereocenters. The van der Waals surface area contributed by atoms with Crippen LogP contribution in [0.4, 0.5) is 13.2 Å². The van der Waals surface area contributed by atoms with Gasteiger partial charge in [0.1, 0.15) is 5.75 Å². The van der Waals surface area contributed by atoms with Gasteiger partial charge in [0.2, 0.25) is 0 Å². The van der Waals surface area contributed by atoms with E-state index in [2.05, 4.69) is 16.4 Å². The SMILES string of the molecule is COc1ccc(SS)cc1C(F)(F)F. The Morgan fingerprint density at radius 3 is 2.43 bits per heavy atom. The molecule has 0 amide bonds. The van der Waals surface area contributed by atoms with Crippen LogP contribution in [0.3, 0.4) is 0 Å². The Morgan fingerprint density at radius 2 is 2.00 bits per heavy atom. The van der Waals surface area contributed by atoms with Crippen LogP contribution in [0.2, 0.25) is 0 Å². The average Bonchev–Trinajstić information content (AvgIpc) is 2.15. The monoisotopic (exact) mass is 240 g/mol. The van der Waals surface area contributed by atoms with Gasteiger partial charge in [0.25, 0.3) is 0 Å². The molecule has 1 aromatic rings. The van der Waals surface area contributed by atoms with Crippen molar-refractivity contribution in [3.05, 3.63) is 23.8 Å². The summed E-state index contributed by atoms with van der Waals surface area (Å²) in [6, 6.07) is 3.81. The minimum absolute atomic E-state index is 0.177. The molecule has 0 N–H and O–H groups in total. The van der Waals surface area contributed by atoms with Crippen molar-refractivity contribution in [3.8, 4) is 5.75 Å². The molecular weight excluding hydrogens is 233 g/mol. The lowest BCUT2D eigenvalue weighted by atomic mass is 10.2. The first-order valence-electron chi connectivity index (χ1n) is 3.55. The van der Waals surface area contributed by atoms with Crippen LogP contribution in [0.25, 0.3) is 0 Å². The predicted octanol–water partition coefficient (Wildman–Crippen LogP) is 3.65. The predicted molar refractivity (Wildman–Crippen MR) is 52.8 cm³/mol. The van der Waals surface area contributed by atoms with Crippen molar-refractivity contribution in [2.75, 3.05) is 7.11 Å². The molecule has 0 saturated heterocycles. The molecule has 6 heteroatoms. The van der Waals surface area contributed by atoms with Gasteiger partial charge in [-0.1, -0.05) is 10.8 Å². The molecule has 0 aliphatic carbocycles. The zero-order valence-corrected chi connectivity index (χ0v) is 8.84. The Morgan fingerprint density at radius 1 is 1.36 bits per heavy atom.